The van der Waals surface area contributed by atoms with Gasteiger partial charge in [0.2, 0.25) is 5.91 Å². The molecule has 0 saturated heterocycles. The van der Waals surface area contributed by atoms with Gasteiger partial charge in [-0.25, -0.2) is 9.97 Å². The molecule has 112 valence electrons. The Morgan fingerprint density at radius 2 is 2.24 bits per heavy atom. The van der Waals surface area contributed by atoms with Crippen molar-refractivity contribution in [2.45, 2.75) is 51.1 Å². The molecule has 0 spiro atoms. The molecule has 0 bridgehead atoms. The molecule has 1 amide bonds. The van der Waals surface area contributed by atoms with Gasteiger partial charge in [0.25, 0.3) is 0 Å². The first-order valence-corrected chi connectivity index (χ1v) is 7.75. The Hall–Kier alpha value is -1.62. The maximum absolute atomic E-state index is 11.9. The average molecular weight is 307 g/mol. The van der Waals surface area contributed by atoms with Gasteiger partial charge in [0.1, 0.15) is 11.3 Å². The van der Waals surface area contributed by atoms with E-state index in [2.05, 4.69) is 15.3 Å². The lowest BCUT2D eigenvalue weighted by Crippen LogP contribution is -2.26. The van der Waals surface area contributed by atoms with Crippen LogP contribution in [0.3, 0.4) is 0 Å². The van der Waals surface area contributed by atoms with E-state index in [1.54, 1.807) is 0 Å². The molecule has 0 radical (unpaired) electrons. The van der Waals surface area contributed by atoms with Crippen molar-refractivity contribution >= 4 is 28.7 Å². The Bertz CT molecular complexity index is 676. The highest BCUT2D eigenvalue weighted by Gasteiger charge is 2.23. The number of carbonyl (C=O) groups excluding carboxylic acids is 1. The van der Waals surface area contributed by atoms with Crippen molar-refractivity contribution in [2.75, 3.05) is 0 Å². The summed E-state index contributed by atoms with van der Waals surface area (Å²) in [7, 11) is 0. The highest BCUT2D eigenvalue weighted by atomic mass is 35.5. The molecule has 1 atom stereocenters. The molecule has 3 rings (SSSR count). The number of rotatable bonds is 5. The van der Waals surface area contributed by atoms with Gasteiger partial charge >= 0.3 is 0 Å². The summed E-state index contributed by atoms with van der Waals surface area (Å²) in [5, 5.41) is 2.78. The molecule has 6 heteroatoms. The third-order valence-electron chi connectivity index (χ3n) is 3.62. The largest absolute Gasteiger partial charge is 0.353 e. The molecule has 2 aromatic heterocycles. The van der Waals surface area contributed by atoms with Gasteiger partial charge in [0, 0.05) is 24.7 Å². The monoisotopic (exact) mass is 306 g/mol. The lowest BCUT2D eigenvalue weighted by atomic mass is 10.3. The van der Waals surface area contributed by atoms with Crippen LogP contribution in [0.5, 0.6) is 0 Å². The Balaban J connectivity index is 1.85. The number of alkyl halides is 1. The summed E-state index contributed by atoms with van der Waals surface area (Å²) < 4.78 is 1.96. The number of hydrogen-bond donors (Lipinski definition) is 1. The van der Waals surface area contributed by atoms with Gasteiger partial charge in [-0.05, 0) is 38.8 Å². The quantitative estimate of drug-likeness (QED) is 0.864. The molecule has 1 unspecified atom stereocenters. The number of hydrogen-bond acceptors (Lipinski definition) is 3. The molecule has 2 aromatic rings. The number of imidazole rings is 1. The third kappa shape index (κ3) is 3.18. The standard InChI is InChI=1S/C15H19ClN4O/c1-9-3-6-12-15(17-9)20(14(19-12)10(2)16)8-7-13(21)18-11-4-5-11/h3,6,10-11H,4-5,7-8H2,1-2H3,(H,18,21). The van der Waals surface area contributed by atoms with Crippen LogP contribution in [-0.4, -0.2) is 26.5 Å². The Morgan fingerprint density at radius 3 is 2.90 bits per heavy atom. The van der Waals surface area contributed by atoms with Crippen LogP contribution < -0.4 is 5.32 Å². The number of nitrogens with zero attached hydrogens (tertiary/aromatic N) is 3. The van der Waals surface area contributed by atoms with Crippen molar-refractivity contribution in [1.29, 1.82) is 0 Å². The Morgan fingerprint density at radius 1 is 1.48 bits per heavy atom. The number of pyridine rings is 1. The SMILES string of the molecule is Cc1ccc2nc(C(C)Cl)n(CCC(=O)NC3CC3)c2n1. The number of nitrogens with one attached hydrogen (secondary N) is 1. The predicted molar refractivity (Wildman–Crippen MR) is 82.3 cm³/mol. The van der Waals surface area contributed by atoms with E-state index in [9.17, 15) is 4.79 Å². The molecule has 5 nitrogen and oxygen atoms in total. The summed E-state index contributed by atoms with van der Waals surface area (Å²) in [6.45, 7) is 4.38. The van der Waals surface area contributed by atoms with E-state index in [1.807, 2.05) is 30.5 Å². The molecule has 21 heavy (non-hydrogen) atoms. The van der Waals surface area contributed by atoms with E-state index in [1.165, 1.54) is 0 Å². The first kappa shape index (κ1) is 14.3. The van der Waals surface area contributed by atoms with E-state index < -0.39 is 0 Å². The molecule has 0 aliphatic heterocycles. The van der Waals surface area contributed by atoms with Crippen molar-refractivity contribution in [3.8, 4) is 0 Å². The van der Waals surface area contributed by atoms with E-state index in [4.69, 9.17) is 11.6 Å². The van der Waals surface area contributed by atoms with E-state index >= 15 is 0 Å². The fourth-order valence-electron chi connectivity index (χ4n) is 2.38. The van der Waals surface area contributed by atoms with Crippen molar-refractivity contribution in [1.82, 2.24) is 19.9 Å². The second-order valence-corrected chi connectivity index (χ2v) is 6.28. The van der Waals surface area contributed by atoms with Crippen LogP contribution in [0.25, 0.3) is 11.2 Å². The van der Waals surface area contributed by atoms with E-state index in [0.717, 1.165) is 35.5 Å². The minimum Gasteiger partial charge on any atom is -0.353 e. The summed E-state index contributed by atoms with van der Waals surface area (Å²) >= 11 is 6.22. The highest BCUT2D eigenvalue weighted by molar-refractivity contribution is 6.20. The first-order valence-electron chi connectivity index (χ1n) is 7.32. The second kappa shape index (κ2) is 5.64. The molecule has 1 aliphatic rings. The zero-order chi connectivity index (χ0) is 15.0. The summed E-state index contributed by atoms with van der Waals surface area (Å²) in [5.41, 5.74) is 2.56. The van der Waals surface area contributed by atoms with Crippen molar-refractivity contribution in [3.63, 3.8) is 0 Å². The lowest BCUT2D eigenvalue weighted by Gasteiger charge is -2.10. The fraction of sp³-hybridized carbons (Fsp3) is 0.533. The van der Waals surface area contributed by atoms with E-state index in [0.29, 0.717) is 19.0 Å². The molecule has 2 heterocycles. The number of amides is 1. The third-order valence-corrected chi connectivity index (χ3v) is 3.82. The molecular weight excluding hydrogens is 288 g/mol. The maximum atomic E-state index is 11.9. The minimum atomic E-state index is -0.217. The number of aromatic nitrogens is 3. The second-order valence-electron chi connectivity index (χ2n) is 5.62. The molecule has 1 N–H and O–H groups in total. The van der Waals surface area contributed by atoms with Crippen LogP contribution in [0.2, 0.25) is 0 Å². The fourth-order valence-corrected chi connectivity index (χ4v) is 2.55. The maximum Gasteiger partial charge on any atom is 0.222 e. The number of aryl methyl sites for hydroxylation is 2. The van der Waals surface area contributed by atoms with Crippen LogP contribution in [0.15, 0.2) is 12.1 Å². The summed E-state index contributed by atoms with van der Waals surface area (Å²) in [5.74, 6) is 0.851. The highest BCUT2D eigenvalue weighted by Crippen LogP contribution is 2.24. The molecule has 1 fully saturated rings. The summed E-state index contributed by atoms with van der Waals surface area (Å²) in [4.78, 5) is 21.0. The smallest absolute Gasteiger partial charge is 0.222 e. The topological polar surface area (TPSA) is 59.8 Å². The van der Waals surface area contributed by atoms with Gasteiger partial charge < -0.3 is 9.88 Å². The van der Waals surface area contributed by atoms with Crippen LogP contribution in [0.1, 0.15) is 43.1 Å². The summed E-state index contributed by atoms with van der Waals surface area (Å²) in [6.07, 6.45) is 2.63. The molecule has 0 aromatic carbocycles. The van der Waals surface area contributed by atoms with Crippen molar-refractivity contribution in [2.24, 2.45) is 0 Å². The number of carbonyl (C=O) groups is 1. The van der Waals surface area contributed by atoms with Crippen LogP contribution in [-0.2, 0) is 11.3 Å². The average Bonchev–Trinajstić information content (AvgIpc) is 3.16. The number of halogens is 1. The minimum absolute atomic E-state index is 0.0835. The first-order chi connectivity index (χ1) is 10.0. The van der Waals surface area contributed by atoms with Gasteiger partial charge in [-0.3, -0.25) is 4.79 Å². The van der Waals surface area contributed by atoms with Gasteiger partial charge in [-0.2, -0.15) is 0 Å². The number of fused-ring (bicyclic) bond motifs is 1. The Kier molecular flexibility index (Phi) is 3.85. The summed E-state index contributed by atoms with van der Waals surface area (Å²) in [6, 6.07) is 4.27. The van der Waals surface area contributed by atoms with E-state index in [-0.39, 0.29) is 11.3 Å². The molecule has 1 aliphatic carbocycles. The Labute approximate surface area is 128 Å². The zero-order valence-corrected chi connectivity index (χ0v) is 13.0. The lowest BCUT2D eigenvalue weighted by molar-refractivity contribution is -0.121. The normalized spacial score (nSPS) is 16.1. The van der Waals surface area contributed by atoms with Gasteiger partial charge in [0.15, 0.2) is 5.65 Å². The molecular formula is C15H19ClN4O. The van der Waals surface area contributed by atoms with Gasteiger partial charge in [-0.1, -0.05) is 0 Å². The molecule has 1 saturated carbocycles. The van der Waals surface area contributed by atoms with Crippen molar-refractivity contribution < 1.29 is 4.79 Å². The van der Waals surface area contributed by atoms with Gasteiger partial charge in [0.05, 0.1) is 5.38 Å². The van der Waals surface area contributed by atoms with Crippen LogP contribution in [0, 0.1) is 6.92 Å². The van der Waals surface area contributed by atoms with Gasteiger partial charge in [-0.15, -0.1) is 11.6 Å². The zero-order valence-electron chi connectivity index (χ0n) is 12.3. The van der Waals surface area contributed by atoms with Crippen molar-refractivity contribution in [3.05, 3.63) is 23.7 Å². The van der Waals surface area contributed by atoms with Crippen LogP contribution in [0.4, 0.5) is 0 Å². The predicted octanol–water partition coefficient (Wildman–Crippen LogP) is 2.71. The van der Waals surface area contributed by atoms with Crippen LogP contribution >= 0.6 is 11.6 Å².